The number of methoxy groups -OCH3 is 2. The molecule has 2 aliphatic rings. The highest BCUT2D eigenvalue weighted by Crippen LogP contribution is 2.44. The number of rotatable bonds is 4. The quantitative estimate of drug-likeness (QED) is 0.601. The molecule has 0 bridgehead atoms. The Balaban J connectivity index is 1.50. The van der Waals surface area contributed by atoms with Crippen LogP contribution in [0.3, 0.4) is 0 Å². The van der Waals surface area contributed by atoms with Crippen molar-refractivity contribution in [1.82, 2.24) is 0 Å². The summed E-state index contributed by atoms with van der Waals surface area (Å²) >= 11 is 0. The highest BCUT2D eigenvalue weighted by molar-refractivity contribution is 6.14. The summed E-state index contributed by atoms with van der Waals surface area (Å²) in [5.74, 6) is 3.20. The van der Waals surface area contributed by atoms with Crippen molar-refractivity contribution < 1.29 is 28.2 Å². The molecule has 0 spiro atoms. The number of Topliss-reactive ketones (excluding diaryl/α,β-unsaturated/α-hetero) is 1. The molecule has 0 aliphatic carbocycles. The number of hydrogen-bond acceptors (Lipinski definition) is 7. The Morgan fingerprint density at radius 3 is 2.77 bits per heavy atom. The molecule has 0 saturated carbocycles. The van der Waals surface area contributed by atoms with Crippen molar-refractivity contribution in [3.8, 4) is 23.0 Å². The summed E-state index contributed by atoms with van der Waals surface area (Å²) in [5.41, 5.74) is 2.18. The monoisotopic (exact) mass is 405 g/mol. The first-order valence-corrected chi connectivity index (χ1v) is 9.41. The first-order chi connectivity index (χ1) is 14.7. The van der Waals surface area contributed by atoms with Crippen LogP contribution >= 0.6 is 0 Å². The minimum absolute atomic E-state index is 0.177. The van der Waals surface area contributed by atoms with Crippen molar-refractivity contribution in [1.29, 1.82) is 0 Å². The summed E-state index contributed by atoms with van der Waals surface area (Å²) in [6.07, 6.45) is 3.15. The van der Waals surface area contributed by atoms with Crippen molar-refractivity contribution >= 4 is 17.5 Å². The normalized spacial score (nSPS) is 16.0. The van der Waals surface area contributed by atoms with Crippen LogP contribution in [-0.2, 0) is 6.54 Å². The SMILES string of the molecule is COc1ccc(N2COc3ccc4c(c3C2)OC(=Cc2ccco2)C4=O)c(OC)c1. The van der Waals surface area contributed by atoms with E-state index in [1.54, 1.807) is 44.8 Å². The van der Waals surface area contributed by atoms with Gasteiger partial charge in [0.25, 0.3) is 0 Å². The molecule has 7 nitrogen and oxygen atoms in total. The summed E-state index contributed by atoms with van der Waals surface area (Å²) in [7, 11) is 3.22. The Labute approximate surface area is 173 Å². The molecular formula is C23H19NO6. The van der Waals surface area contributed by atoms with Crippen LogP contribution in [0, 0.1) is 0 Å². The predicted octanol–water partition coefficient (Wildman–Crippen LogP) is 4.27. The molecule has 1 aromatic heterocycles. The third-order valence-corrected chi connectivity index (χ3v) is 5.17. The van der Waals surface area contributed by atoms with Crippen LogP contribution in [0.4, 0.5) is 5.69 Å². The van der Waals surface area contributed by atoms with Crippen molar-refractivity contribution in [2.75, 3.05) is 25.9 Å². The first-order valence-electron chi connectivity index (χ1n) is 9.41. The van der Waals surface area contributed by atoms with Gasteiger partial charge in [0.05, 0.1) is 43.8 Å². The number of carbonyl (C=O) groups excluding carboxylic acids is 1. The lowest BCUT2D eigenvalue weighted by Gasteiger charge is -2.32. The molecule has 5 rings (SSSR count). The van der Waals surface area contributed by atoms with Crippen LogP contribution in [0.15, 0.2) is 58.9 Å². The summed E-state index contributed by atoms with van der Waals surface area (Å²) in [5, 5.41) is 0. The molecule has 2 aliphatic heterocycles. The van der Waals surface area contributed by atoms with Gasteiger partial charge in [-0.3, -0.25) is 4.79 Å². The van der Waals surface area contributed by atoms with E-state index in [1.165, 1.54) is 0 Å². The lowest BCUT2D eigenvalue weighted by Crippen LogP contribution is -2.32. The fraction of sp³-hybridized carbons (Fsp3) is 0.174. The van der Waals surface area contributed by atoms with Gasteiger partial charge in [0.1, 0.15) is 28.8 Å². The Kier molecular flexibility index (Phi) is 4.35. The minimum Gasteiger partial charge on any atom is -0.497 e. The zero-order chi connectivity index (χ0) is 20.7. The number of nitrogens with zero attached hydrogens (tertiary/aromatic N) is 1. The Hall–Kier alpha value is -3.87. The number of ether oxygens (including phenoxy) is 4. The van der Waals surface area contributed by atoms with E-state index in [9.17, 15) is 4.79 Å². The predicted molar refractivity (Wildman–Crippen MR) is 109 cm³/mol. The molecule has 3 heterocycles. The number of carbonyl (C=O) groups is 1. The van der Waals surface area contributed by atoms with Crippen LogP contribution < -0.4 is 23.8 Å². The van der Waals surface area contributed by atoms with Crippen LogP contribution in [0.25, 0.3) is 6.08 Å². The Bertz CT molecular complexity index is 1150. The second-order valence-corrected chi connectivity index (χ2v) is 6.88. The molecule has 2 aromatic carbocycles. The number of ketones is 1. The maximum absolute atomic E-state index is 12.8. The number of fused-ring (bicyclic) bond motifs is 3. The molecule has 0 atom stereocenters. The van der Waals surface area contributed by atoms with Gasteiger partial charge in [-0.05, 0) is 36.4 Å². The molecule has 0 fully saturated rings. The van der Waals surface area contributed by atoms with E-state index in [0.29, 0.717) is 47.6 Å². The van der Waals surface area contributed by atoms with Crippen LogP contribution in [0.1, 0.15) is 21.7 Å². The largest absolute Gasteiger partial charge is 0.497 e. The maximum Gasteiger partial charge on any atom is 0.232 e. The number of allylic oxidation sites excluding steroid dienone is 1. The van der Waals surface area contributed by atoms with Gasteiger partial charge in [-0.15, -0.1) is 0 Å². The van der Waals surface area contributed by atoms with Crippen molar-refractivity contribution in [3.05, 3.63) is 71.4 Å². The topological polar surface area (TPSA) is 70.4 Å². The fourth-order valence-electron chi connectivity index (χ4n) is 3.66. The molecule has 0 unspecified atom stereocenters. The van der Waals surface area contributed by atoms with E-state index >= 15 is 0 Å². The van der Waals surface area contributed by atoms with Gasteiger partial charge in [-0.2, -0.15) is 0 Å². The van der Waals surface area contributed by atoms with Crippen LogP contribution in [-0.4, -0.2) is 26.7 Å². The van der Waals surface area contributed by atoms with Gasteiger partial charge in [0, 0.05) is 12.1 Å². The molecule has 0 radical (unpaired) electrons. The van der Waals surface area contributed by atoms with E-state index in [4.69, 9.17) is 23.4 Å². The number of anilines is 1. The van der Waals surface area contributed by atoms with Gasteiger partial charge in [-0.1, -0.05) is 0 Å². The van der Waals surface area contributed by atoms with E-state index in [-0.39, 0.29) is 11.5 Å². The second-order valence-electron chi connectivity index (χ2n) is 6.88. The zero-order valence-electron chi connectivity index (χ0n) is 16.5. The summed E-state index contributed by atoms with van der Waals surface area (Å²) in [6, 6.07) is 12.7. The van der Waals surface area contributed by atoms with Gasteiger partial charge in [-0.25, -0.2) is 0 Å². The lowest BCUT2D eigenvalue weighted by molar-refractivity contribution is 0.101. The molecule has 7 heteroatoms. The number of benzene rings is 2. The summed E-state index contributed by atoms with van der Waals surface area (Å²) in [6.45, 7) is 0.847. The standard InChI is InChI=1S/C23H19NO6/c1-26-14-5-7-18(20(10-14)27-2)24-12-17-19(29-13-24)8-6-16-22(25)21(30-23(16)17)11-15-4-3-9-28-15/h3-11H,12-13H2,1-2H3. The van der Waals surface area contributed by atoms with Gasteiger partial charge in [0.15, 0.2) is 12.5 Å². The Morgan fingerprint density at radius 2 is 2.00 bits per heavy atom. The Morgan fingerprint density at radius 1 is 1.10 bits per heavy atom. The molecule has 152 valence electrons. The van der Waals surface area contributed by atoms with Crippen molar-refractivity contribution in [2.45, 2.75) is 6.54 Å². The van der Waals surface area contributed by atoms with Crippen LogP contribution in [0.2, 0.25) is 0 Å². The molecule has 0 N–H and O–H groups in total. The smallest absolute Gasteiger partial charge is 0.232 e. The van der Waals surface area contributed by atoms with E-state index in [2.05, 4.69) is 0 Å². The zero-order valence-corrected chi connectivity index (χ0v) is 16.5. The highest BCUT2D eigenvalue weighted by atomic mass is 16.5. The van der Waals surface area contributed by atoms with E-state index in [0.717, 1.165) is 11.3 Å². The number of hydrogen-bond donors (Lipinski definition) is 0. The van der Waals surface area contributed by atoms with Gasteiger partial charge < -0.3 is 28.3 Å². The van der Waals surface area contributed by atoms with Crippen LogP contribution in [0.5, 0.6) is 23.0 Å². The average Bonchev–Trinajstić information content (AvgIpc) is 3.41. The lowest BCUT2D eigenvalue weighted by atomic mass is 10.0. The van der Waals surface area contributed by atoms with Gasteiger partial charge >= 0.3 is 0 Å². The molecule has 0 saturated heterocycles. The molecule has 3 aromatic rings. The number of furan rings is 1. The fourth-order valence-corrected chi connectivity index (χ4v) is 3.66. The van der Waals surface area contributed by atoms with E-state index < -0.39 is 0 Å². The second kappa shape index (κ2) is 7.18. The third-order valence-electron chi connectivity index (χ3n) is 5.17. The first kappa shape index (κ1) is 18.2. The molecule has 30 heavy (non-hydrogen) atoms. The van der Waals surface area contributed by atoms with E-state index in [1.807, 2.05) is 29.2 Å². The summed E-state index contributed by atoms with van der Waals surface area (Å²) in [4.78, 5) is 14.8. The van der Waals surface area contributed by atoms with Crippen molar-refractivity contribution in [3.63, 3.8) is 0 Å². The maximum atomic E-state index is 12.8. The average molecular weight is 405 g/mol. The third kappa shape index (κ3) is 2.95. The molecule has 0 amide bonds. The molecular weight excluding hydrogens is 386 g/mol. The van der Waals surface area contributed by atoms with Crippen molar-refractivity contribution in [2.24, 2.45) is 0 Å². The summed E-state index contributed by atoms with van der Waals surface area (Å²) < 4.78 is 28.0. The highest BCUT2D eigenvalue weighted by Gasteiger charge is 2.34. The minimum atomic E-state index is -0.177. The van der Waals surface area contributed by atoms with Gasteiger partial charge in [0.2, 0.25) is 5.78 Å².